The van der Waals surface area contributed by atoms with E-state index in [4.69, 9.17) is 14.6 Å². The van der Waals surface area contributed by atoms with Crippen molar-refractivity contribution >= 4 is 38.6 Å². The quantitative estimate of drug-likeness (QED) is 0.428. The minimum atomic E-state index is 0.682. The van der Waals surface area contributed by atoms with E-state index in [1.165, 1.54) is 10.1 Å². The highest BCUT2D eigenvalue weighted by Crippen LogP contribution is 2.34. The number of hydrogen-bond acceptors (Lipinski definition) is 6. The second kappa shape index (κ2) is 7.10. The monoisotopic (exact) mass is 402 g/mol. The van der Waals surface area contributed by atoms with Gasteiger partial charge in [-0.15, -0.1) is 16.4 Å². The third-order valence-corrected chi connectivity index (χ3v) is 5.85. The van der Waals surface area contributed by atoms with Crippen molar-refractivity contribution in [3.8, 4) is 22.1 Å². The highest BCUT2D eigenvalue weighted by Gasteiger charge is 2.12. The molecule has 0 spiro atoms. The van der Waals surface area contributed by atoms with Crippen molar-refractivity contribution < 1.29 is 9.47 Å². The molecule has 0 bridgehead atoms. The number of nitrogens with zero attached hydrogens (tertiary/aromatic N) is 3. The predicted octanol–water partition coefficient (Wildman–Crippen LogP) is 5.37. The summed E-state index contributed by atoms with van der Waals surface area (Å²) in [5.41, 5.74) is 2.57. The summed E-state index contributed by atoms with van der Waals surface area (Å²) in [6.07, 6.45) is 1.87. The lowest BCUT2D eigenvalue weighted by molar-refractivity contribution is 0.395. The fourth-order valence-electron chi connectivity index (χ4n) is 3.26. The van der Waals surface area contributed by atoms with Crippen LogP contribution in [0.5, 0.6) is 11.5 Å². The number of fused-ring (bicyclic) bond motifs is 2. The molecule has 0 radical (unpaired) electrons. The molecule has 3 aromatic heterocycles. The maximum Gasteiger partial charge on any atom is 0.154 e. The van der Waals surface area contributed by atoms with Crippen LogP contribution in [-0.4, -0.2) is 28.8 Å². The third-order valence-electron chi connectivity index (χ3n) is 4.71. The van der Waals surface area contributed by atoms with Gasteiger partial charge in [0.05, 0.1) is 31.0 Å². The summed E-state index contributed by atoms with van der Waals surface area (Å²) in [4.78, 5) is 5.64. The molecule has 0 amide bonds. The summed E-state index contributed by atoms with van der Waals surface area (Å²) in [5.74, 6) is 2.11. The average molecular weight is 402 g/mol. The van der Waals surface area contributed by atoms with Gasteiger partial charge >= 0.3 is 0 Å². The molecule has 5 aromatic rings. The average Bonchev–Trinajstić information content (AvgIpc) is 3.37. The molecule has 7 heteroatoms. The van der Waals surface area contributed by atoms with Crippen LogP contribution in [0.2, 0.25) is 0 Å². The number of hydrogen-bond donors (Lipinski definition) is 1. The molecule has 0 fully saturated rings. The topological polar surface area (TPSA) is 60.7 Å². The Kier molecular flexibility index (Phi) is 4.29. The van der Waals surface area contributed by atoms with Crippen LogP contribution in [0.15, 0.2) is 66.9 Å². The van der Waals surface area contributed by atoms with Crippen molar-refractivity contribution in [3.05, 3.63) is 66.9 Å². The minimum Gasteiger partial charge on any atom is -0.497 e. The van der Waals surface area contributed by atoms with Crippen molar-refractivity contribution in [3.63, 3.8) is 0 Å². The van der Waals surface area contributed by atoms with E-state index in [9.17, 15) is 0 Å². The van der Waals surface area contributed by atoms with Gasteiger partial charge < -0.3 is 14.8 Å². The molecule has 0 saturated heterocycles. The van der Waals surface area contributed by atoms with Gasteiger partial charge in [-0.1, -0.05) is 18.2 Å². The number of anilines is 2. The maximum atomic E-state index is 5.47. The number of methoxy groups -OCH3 is 2. The zero-order valence-electron chi connectivity index (χ0n) is 15.9. The van der Waals surface area contributed by atoms with Crippen LogP contribution in [0.3, 0.4) is 0 Å². The van der Waals surface area contributed by atoms with Crippen molar-refractivity contribution in [2.45, 2.75) is 0 Å². The first-order chi connectivity index (χ1) is 14.2. The van der Waals surface area contributed by atoms with Crippen molar-refractivity contribution in [2.75, 3.05) is 19.5 Å². The molecule has 0 aliphatic heterocycles. The molecule has 29 heavy (non-hydrogen) atoms. The van der Waals surface area contributed by atoms with Gasteiger partial charge in [-0.05, 0) is 41.8 Å². The molecule has 0 aliphatic carbocycles. The number of thiophene rings is 1. The number of imidazole rings is 1. The first-order valence-corrected chi connectivity index (χ1v) is 9.89. The van der Waals surface area contributed by atoms with Crippen molar-refractivity contribution in [1.29, 1.82) is 0 Å². The minimum absolute atomic E-state index is 0.682. The number of nitrogens with one attached hydrogen (secondary N) is 1. The van der Waals surface area contributed by atoms with Gasteiger partial charge in [-0.2, -0.15) is 0 Å². The third kappa shape index (κ3) is 3.15. The maximum absolute atomic E-state index is 5.47. The van der Waals surface area contributed by atoms with E-state index in [-0.39, 0.29) is 0 Å². The predicted molar refractivity (Wildman–Crippen MR) is 117 cm³/mol. The van der Waals surface area contributed by atoms with Crippen LogP contribution in [0.4, 0.5) is 11.5 Å². The summed E-state index contributed by atoms with van der Waals surface area (Å²) in [5, 5.41) is 9.30. The molecule has 0 atom stereocenters. The van der Waals surface area contributed by atoms with Gasteiger partial charge in [0.2, 0.25) is 0 Å². The fourth-order valence-corrected chi connectivity index (χ4v) is 4.31. The molecule has 3 heterocycles. The van der Waals surface area contributed by atoms with E-state index >= 15 is 0 Å². The lowest BCUT2D eigenvalue weighted by atomic mass is 10.2. The Morgan fingerprint density at radius 2 is 1.86 bits per heavy atom. The smallest absolute Gasteiger partial charge is 0.154 e. The molecule has 0 unspecified atom stereocenters. The fraction of sp³-hybridized carbons (Fsp3) is 0.0909. The van der Waals surface area contributed by atoms with E-state index in [1.54, 1.807) is 25.6 Å². The SMILES string of the molecule is COc1ccc(Nc2ccc3ncc(-c4cc5ccccc5s4)n3n2)c(OC)c1. The summed E-state index contributed by atoms with van der Waals surface area (Å²) < 4.78 is 13.8. The molecule has 1 N–H and O–H groups in total. The van der Waals surface area contributed by atoms with Crippen LogP contribution >= 0.6 is 11.3 Å². The Morgan fingerprint density at radius 1 is 0.966 bits per heavy atom. The Hall–Kier alpha value is -3.58. The Balaban J connectivity index is 1.54. The van der Waals surface area contributed by atoms with Gasteiger partial charge in [0.15, 0.2) is 11.5 Å². The van der Waals surface area contributed by atoms with E-state index in [0.29, 0.717) is 11.6 Å². The summed E-state index contributed by atoms with van der Waals surface area (Å²) in [6.45, 7) is 0. The number of aromatic nitrogens is 3. The van der Waals surface area contributed by atoms with Gasteiger partial charge in [-0.3, -0.25) is 0 Å². The second-order valence-electron chi connectivity index (χ2n) is 6.47. The first-order valence-electron chi connectivity index (χ1n) is 9.08. The lowest BCUT2D eigenvalue weighted by Crippen LogP contribution is -2.01. The van der Waals surface area contributed by atoms with Crippen LogP contribution in [0, 0.1) is 0 Å². The summed E-state index contributed by atoms with van der Waals surface area (Å²) in [6, 6.07) is 20.0. The van der Waals surface area contributed by atoms with Gasteiger partial charge in [0.25, 0.3) is 0 Å². The Labute approximate surface area is 171 Å². The Morgan fingerprint density at radius 3 is 2.69 bits per heavy atom. The zero-order valence-corrected chi connectivity index (χ0v) is 16.7. The first kappa shape index (κ1) is 17.5. The van der Waals surface area contributed by atoms with E-state index in [1.807, 2.05) is 41.0 Å². The zero-order chi connectivity index (χ0) is 19.8. The molecular weight excluding hydrogens is 384 g/mol. The summed E-state index contributed by atoms with van der Waals surface area (Å²) in [7, 11) is 3.26. The van der Waals surface area contributed by atoms with Crippen LogP contribution in [0.25, 0.3) is 26.3 Å². The molecule has 144 valence electrons. The second-order valence-corrected chi connectivity index (χ2v) is 7.56. The largest absolute Gasteiger partial charge is 0.497 e. The molecule has 2 aromatic carbocycles. The van der Waals surface area contributed by atoms with E-state index in [0.717, 1.165) is 27.7 Å². The number of ether oxygens (including phenoxy) is 2. The highest BCUT2D eigenvalue weighted by atomic mass is 32.1. The van der Waals surface area contributed by atoms with Crippen LogP contribution < -0.4 is 14.8 Å². The standard InChI is InChI=1S/C22H18N4O2S/c1-27-15-7-8-16(18(12-15)28-2)24-21-9-10-22-23-13-17(26(22)25-21)20-11-14-5-3-4-6-19(14)29-20/h3-13H,1-2H3,(H,24,25). The molecule has 0 aliphatic rings. The van der Waals surface area contributed by atoms with Crippen LogP contribution in [-0.2, 0) is 0 Å². The van der Waals surface area contributed by atoms with Crippen molar-refractivity contribution in [2.24, 2.45) is 0 Å². The number of benzene rings is 2. The van der Waals surface area contributed by atoms with Gasteiger partial charge in [-0.25, -0.2) is 9.50 Å². The molecule has 5 rings (SSSR count). The van der Waals surface area contributed by atoms with Gasteiger partial charge in [0.1, 0.15) is 17.2 Å². The van der Waals surface area contributed by atoms with Crippen LogP contribution in [0.1, 0.15) is 0 Å². The highest BCUT2D eigenvalue weighted by molar-refractivity contribution is 7.22. The lowest BCUT2D eigenvalue weighted by Gasteiger charge is -2.12. The van der Waals surface area contributed by atoms with E-state index in [2.05, 4.69) is 40.6 Å². The Bertz CT molecular complexity index is 1290. The normalized spacial score (nSPS) is 11.1. The van der Waals surface area contributed by atoms with Crippen molar-refractivity contribution in [1.82, 2.24) is 14.6 Å². The summed E-state index contributed by atoms with van der Waals surface area (Å²) >= 11 is 1.73. The van der Waals surface area contributed by atoms with E-state index < -0.39 is 0 Å². The molecule has 6 nitrogen and oxygen atoms in total. The van der Waals surface area contributed by atoms with Gasteiger partial charge in [0, 0.05) is 10.8 Å². The molecular formula is C22H18N4O2S. The number of rotatable bonds is 5. The molecule has 0 saturated carbocycles.